The van der Waals surface area contributed by atoms with Crippen molar-refractivity contribution in [2.24, 2.45) is 0 Å². The Bertz CT molecular complexity index is 406. The van der Waals surface area contributed by atoms with Crippen LogP contribution in [0.3, 0.4) is 0 Å². The zero-order chi connectivity index (χ0) is 13.0. The summed E-state index contributed by atoms with van der Waals surface area (Å²) in [5, 5.41) is 0. The number of benzene rings is 1. The van der Waals surface area contributed by atoms with Gasteiger partial charge in [0.1, 0.15) is 0 Å². The van der Waals surface area contributed by atoms with Crippen LogP contribution in [0.5, 0.6) is 0 Å². The molecule has 1 amide bonds. The number of carbonyl (C=O) groups excluding carboxylic acids is 1. The molecular formula is C13H19BrN2O. The molecule has 0 aliphatic rings. The van der Waals surface area contributed by atoms with Crippen molar-refractivity contribution in [2.75, 3.05) is 12.3 Å². The Labute approximate surface area is 111 Å². The van der Waals surface area contributed by atoms with Crippen LogP contribution >= 0.6 is 15.9 Å². The molecule has 0 saturated carbocycles. The molecule has 2 N–H and O–H groups in total. The predicted molar refractivity (Wildman–Crippen MR) is 75.0 cm³/mol. The lowest BCUT2D eigenvalue weighted by Gasteiger charge is -2.27. The molecule has 0 aliphatic carbocycles. The minimum absolute atomic E-state index is 0.00634. The van der Waals surface area contributed by atoms with E-state index in [0.29, 0.717) is 17.8 Å². The number of nitrogens with two attached hydrogens (primary N) is 1. The molecule has 0 radical (unpaired) electrons. The van der Waals surface area contributed by atoms with E-state index in [0.717, 1.165) is 10.9 Å². The van der Waals surface area contributed by atoms with Gasteiger partial charge in [-0.05, 0) is 38.5 Å². The van der Waals surface area contributed by atoms with Crippen molar-refractivity contribution in [1.29, 1.82) is 0 Å². The van der Waals surface area contributed by atoms with Crippen molar-refractivity contribution in [3.63, 3.8) is 0 Å². The van der Waals surface area contributed by atoms with Crippen LogP contribution in [0.25, 0.3) is 0 Å². The first kappa shape index (κ1) is 14.0. The summed E-state index contributed by atoms with van der Waals surface area (Å²) in [6.45, 7) is 6.81. The van der Waals surface area contributed by atoms with Crippen LogP contribution < -0.4 is 5.73 Å². The second kappa shape index (κ2) is 6.05. The van der Waals surface area contributed by atoms with Crippen molar-refractivity contribution in [2.45, 2.75) is 33.2 Å². The molecule has 1 aromatic carbocycles. The number of amides is 1. The van der Waals surface area contributed by atoms with E-state index >= 15 is 0 Å². The largest absolute Gasteiger partial charge is 0.398 e. The quantitative estimate of drug-likeness (QED) is 0.867. The Morgan fingerprint density at radius 3 is 2.59 bits per heavy atom. The molecule has 94 valence electrons. The second-order valence-electron chi connectivity index (χ2n) is 4.08. The fraction of sp³-hybridized carbons (Fsp3) is 0.462. The van der Waals surface area contributed by atoms with Crippen LogP contribution in [0.1, 0.15) is 37.6 Å². The number of hydrogen-bond acceptors (Lipinski definition) is 2. The minimum Gasteiger partial charge on any atom is -0.398 e. The summed E-state index contributed by atoms with van der Waals surface area (Å²) in [6, 6.07) is 5.61. The molecule has 0 spiro atoms. The molecule has 1 unspecified atom stereocenters. The SMILES string of the molecule is CCC(C)N(CC)C(=O)c1ccc(Br)cc1N. The van der Waals surface area contributed by atoms with E-state index in [1.54, 1.807) is 12.1 Å². The molecule has 0 bridgehead atoms. The van der Waals surface area contributed by atoms with E-state index in [9.17, 15) is 4.79 Å². The topological polar surface area (TPSA) is 46.3 Å². The summed E-state index contributed by atoms with van der Waals surface area (Å²) < 4.78 is 0.887. The number of anilines is 1. The first-order valence-electron chi connectivity index (χ1n) is 5.87. The van der Waals surface area contributed by atoms with Crippen LogP contribution in [0.15, 0.2) is 22.7 Å². The zero-order valence-electron chi connectivity index (χ0n) is 10.5. The van der Waals surface area contributed by atoms with Gasteiger partial charge in [0.2, 0.25) is 0 Å². The first-order valence-corrected chi connectivity index (χ1v) is 6.66. The lowest BCUT2D eigenvalue weighted by Crippen LogP contribution is -2.38. The fourth-order valence-corrected chi connectivity index (χ4v) is 2.14. The summed E-state index contributed by atoms with van der Waals surface area (Å²) in [7, 11) is 0. The maximum absolute atomic E-state index is 12.3. The maximum Gasteiger partial charge on any atom is 0.256 e. The minimum atomic E-state index is 0.00634. The van der Waals surface area contributed by atoms with Crippen LogP contribution in [0.2, 0.25) is 0 Å². The number of hydrogen-bond donors (Lipinski definition) is 1. The monoisotopic (exact) mass is 298 g/mol. The number of halogens is 1. The molecule has 0 heterocycles. The predicted octanol–water partition coefficient (Wildman–Crippen LogP) is 3.29. The molecule has 1 rings (SSSR count). The highest BCUT2D eigenvalue weighted by atomic mass is 79.9. The molecular weight excluding hydrogens is 280 g/mol. The summed E-state index contributed by atoms with van der Waals surface area (Å²) in [4.78, 5) is 14.2. The average molecular weight is 299 g/mol. The van der Waals surface area contributed by atoms with E-state index in [1.165, 1.54) is 0 Å². The summed E-state index contributed by atoms with van der Waals surface area (Å²) in [6.07, 6.45) is 0.940. The summed E-state index contributed by atoms with van der Waals surface area (Å²) in [5.41, 5.74) is 6.98. The van der Waals surface area contributed by atoms with E-state index in [2.05, 4.69) is 29.8 Å². The highest BCUT2D eigenvalue weighted by Crippen LogP contribution is 2.21. The number of carbonyl (C=O) groups is 1. The van der Waals surface area contributed by atoms with E-state index in [-0.39, 0.29) is 11.9 Å². The molecule has 4 heteroatoms. The van der Waals surface area contributed by atoms with Crippen molar-refractivity contribution >= 4 is 27.5 Å². The Morgan fingerprint density at radius 1 is 1.47 bits per heavy atom. The molecule has 1 atom stereocenters. The van der Waals surface area contributed by atoms with Gasteiger partial charge in [-0.25, -0.2) is 0 Å². The lowest BCUT2D eigenvalue weighted by atomic mass is 10.1. The van der Waals surface area contributed by atoms with Crippen molar-refractivity contribution in [1.82, 2.24) is 4.90 Å². The molecule has 0 aliphatic heterocycles. The smallest absolute Gasteiger partial charge is 0.256 e. The molecule has 0 fully saturated rings. The van der Waals surface area contributed by atoms with Gasteiger partial charge in [-0.1, -0.05) is 22.9 Å². The molecule has 0 aromatic heterocycles. The third kappa shape index (κ3) is 3.22. The third-order valence-electron chi connectivity index (χ3n) is 2.97. The van der Waals surface area contributed by atoms with Gasteiger partial charge in [-0.15, -0.1) is 0 Å². The van der Waals surface area contributed by atoms with Gasteiger partial charge in [-0.2, -0.15) is 0 Å². The number of nitrogens with zero attached hydrogens (tertiary/aromatic N) is 1. The highest BCUT2D eigenvalue weighted by molar-refractivity contribution is 9.10. The van der Waals surface area contributed by atoms with Crippen LogP contribution in [-0.2, 0) is 0 Å². The Morgan fingerprint density at radius 2 is 2.12 bits per heavy atom. The highest BCUT2D eigenvalue weighted by Gasteiger charge is 2.20. The van der Waals surface area contributed by atoms with E-state index in [1.807, 2.05) is 17.9 Å². The maximum atomic E-state index is 12.3. The summed E-state index contributed by atoms with van der Waals surface area (Å²) in [5.74, 6) is 0.00634. The molecule has 17 heavy (non-hydrogen) atoms. The van der Waals surface area contributed by atoms with Gasteiger partial charge in [0.25, 0.3) is 5.91 Å². The van der Waals surface area contributed by atoms with Crippen molar-refractivity contribution in [3.8, 4) is 0 Å². The van der Waals surface area contributed by atoms with Crippen LogP contribution in [0.4, 0.5) is 5.69 Å². The summed E-state index contributed by atoms with van der Waals surface area (Å²) >= 11 is 3.34. The Kier molecular flexibility index (Phi) is 5.00. The van der Waals surface area contributed by atoms with Gasteiger partial charge in [-0.3, -0.25) is 4.79 Å². The Balaban J connectivity index is 3.02. The third-order valence-corrected chi connectivity index (χ3v) is 3.46. The standard InChI is InChI=1S/C13H19BrN2O/c1-4-9(3)16(5-2)13(17)11-7-6-10(14)8-12(11)15/h6-9H,4-5,15H2,1-3H3. The Hall–Kier alpha value is -1.03. The molecule has 0 saturated heterocycles. The van der Waals surface area contributed by atoms with Gasteiger partial charge in [0.15, 0.2) is 0 Å². The van der Waals surface area contributed by atoms with E-state index in [4.69, 9.17) is 5.73 Å². The van der Waals surface area contributed by atoms with E-state index < -0.39 is 0 Å². The number of nitrogen functional groups attached to an aromatic ring is 1. The van der Waals surface area contributed by atoms with Gasteiger partial charge < -0.3 is 10.6 Å². The fourth-order valence-electron chi connectivity index (χ4n) is 1.76. The van der Waals surface area contributed by atoms with Crippen molar-refractivity contribution < 1.29 is 4.79 Å². The number of rotatable bonds is 4. The molecule has 1 aromatic rings. The van der Waals surface area contributed by atoms with Gasteiger partial charge in [0.05, 0.1) is 5.56 Å². The van der Waals surface area contributed by atoms with Gasteiger partial charge in [0, 0.05) is 22.7 Å². The lowest BCUT2D eigenvalue weighted by molar-refractivity contribution is 0.0701. The van der Waals surface area contributed by atoms with Crippen molar-refractivity contribution in [3.05, 3.63) is 28.2 Å². The second-order valence-corrected chi connectivity index (χ2v) is 5.00. The molecule has 3 nitrogen and oxygen atoms in total. The normalized spacial score (nSPS) is 12.2. The van der Waals surface area contributed by atoms with Crippen LogP contribution in [-0.4, -0.2) is 23.4 Å². The van der Waals surface area contributed by atoms with Crippen LogP contribution in [0, 0.1) is 0 Å². The van der Waals surface area contributed by atoms with Gasteiger partial charge >= 0.3 is 0 Å². The first-order chi connectivity index (χ1) is 8.01. The zero-order valence-corrected chi connectivity index (χ0v) is 12.1. The average Bonchev–Trinajstić information content (AvgIpc) is 2.29.